The smallest absolute Gasteiger partial charge is 0.258 e. The maximum atomic E-state index is 10.7. The van der Waals surface area contributed by atoms with Crippen LogP contribution in [0.5, 0.6) is 0 Å². The maximum Gasteiger partial charge on any atom is 0.269 e. The van der Waals surface area contributed by atoms with Crippen molar-refractivity contribution in [2.45, 2.75) is 0 Å². The van der Waals surface area contributed by atoms with Crippen LogP contribution in [0.2, 0.25) is 0 Å². The summed E-state index contributed by atoms with van der Waals surface area (Å²) in [5.74, 6) is 2.66. The van der Waals surface area contributed by atoms with Gasteiger partial charge >= 0.3 is 0 Å². The average Bonchev–Trinajstić information content (AvgIpc) is 2.53. The van der Waals surface area contributed by atoms with Gasteiger partial charge in [-0.2, -0.15) is 0 Å². The lowest BCUT2D eigenvalue weighted by atomic mass is 10.0. The van der Waals surface area contributed by atoms with Gasteiger partial charge in [-0.3, -0.25) is 10.1 Å². The number of hydrogen-bond donors (Lipinski definition) is 0. The van der Waals surface area contributed by atoms with Gasteiger partial charge in [0.1, 0.15) is 0 Å². The Hall–Kier alpha value is -3.19. The van der Waals surface area contributed by atoms with E-state index in [4.69, 9.17) is 6.42 Å². The minimum absolute atomic E-state index is 0.0525. The molecule has 3 aromatic rings. The van der Waals surface area contributed by atoms with E-state index >= 15 is 0 Å². The molecule has 4 heteroatoms. The second kappa shape index (κ2) is 5.06. The molecule has 0 amide bonds. The fourth-order valence-electron chi connectivity index (χ4n) is 2.20. The van der Waals surface area contributed by atoms with Crippen LogP contribution in [0, 0.1) is 22.5 Å². The van der Waals surface area contributed by atoms with Crippen LogP contribution in [0.4, 0.5) is 5.69 Å². The Bertz CT molecular complexity index is 877. The summed E-state index contributed by atoms with van der Waals surface area (Å²) in [6.45, 7) is 0. The van der Waals surface area contributed by atoms with Gasteiger partial charge in [-0.05, 0) is 24.3 Å². The number of fused-ring (bicyclic) bond motifs is 1. The van der Waals surface area contributed by atoms with E-state index in [1.165, 1.54) is 12.1 Å². The molecule has 2 aromatic carbocycles. The van der Waals surface area contributed by atoms with Crippen LogP contribution in [0.3, 0.4) is 0 Å². The maximum absolute atomic E-state index is 10.7. The minimum atomic E-state index is -0.426. The summed E-state index contributed by atoms with van der Waals surface area (Å²) in [5.41, 5.74) is 3.12. The quantitative estimate of drug-likeness (QED) is 0.406. The molecule has 0 aliphatic rings. The number of para-hydroxylation sites is 1. The number of aromatic nitrogens is 1. The zero-order valence-electron chi connectivity index (χ0n) is 11.0. The molecule has 3 rings (SSSR count). The first-order valence-corrected chi connectivity index (χ1v) is 6.30. The highest BCUT2D eigenvalue weighted by molar-refractivity contribution is 5.87. The van der Waals surface area contributed by atoms with Crippen LogP contribution in [0.15, 0.2) is 54.6 Å². The summed E-state index contributed by atoms with van der Waals surface area (Å²) < 4.78 is 0. The van der Waals surface area contributed by atoms with Gasteiger partial charge in [0.25, 0.3) is 5.69 Å². The van der Waals surface area contributed by atoms with Gasteiger partial charge in [0.2, 0.25) is 0 Å². The molecule has 0 unspecified atom stereocenters. The van der Waals surface area contributed by atoms with Crippen molar-refractivity contribution in [1.82, 2.24) is 4.98 Å². The fraction of sp³-hybridized carbons (Fsp3) is 0. The number of terminal acetylenes is 1. The first kappa shape index (κ1) is 12.8. The van der Waals surface area contributed by atoms with Crippen molar-refractivity contribution in [2.24, 2.45) is 0 Å². The number of pyridine rings is 1. The fourth-order valence-corrected chi connectivity index (χ4v) is 2.20. The van der Waals surface area contributed by atoms with Gasteiger partial charge in [-0.25, -0.2) is 4.98 Å². The topological polar surface area (TPSA) is 56.0 Å². The van der Waals surface area contributed by atoms with Gasteiger partial charge in [0.15, 0.2) is 0 Å². The van der Waals surface area contributed by atoms with Crippen molar-refractivity contribution in [3.05, 3.63) is 70.3 Å². The Labute approximate surface area is 121 Å². The lowest BCUT2D eigenvalue weighted by Gasteiger charge is -2.06. The predicted molar refractivity (Wildman–Crippen MR) is 81.8 cm³/mol. The molecule has 0 N–H and O–H groups in total. The Morgan fingerprint density at radius 1 is 1.10 bits per heavy atom. The number of nitrogens with zero attached hydrogens (tertiary/aromatic N) is 2. The van der Waals surface area contributed by atoms with E-state index in [1.54, 1.807) is 12.1 Å². The first-order chi connectivity index (χ1) is 10.2. The second-order valence-electron chi connectivity index (χ2n) is 4.52. The van der Waals surface area contributed by atoms with Gasteiger partial charge in [0.05, 0.1) is 16.1 Å². The third-order valence-corrected chi connectivity index (χ3v) is 3.25. The van der Waals surface area contributed by atoms with Gasteiger partial charge < -0.3 is 0 Å². The van der Waals surface area contributed by atoms with E-state index in [1.807, 2.05) is 30.3 Å². The van der Waals surface area contributed by atoms with Crippen LogP contribution in [0.25, 0.3) is 22.2 Å². The molecule has 21 heavy (non-hydrogen) atoms. The van der Waals surface area contributed by atoms with Gasteiger partial charge in [-0.15, -0.1) is 6.42 Å². The van der Waals surface area contributed by atoms with E-state index in [2.05, 4.69) is 10.9 Å². The minimum Gasteiger partial charge on any atom is -0.258 e. The molecule has 1 aromatic heterocycles. The number of hydrogen-bond acceptors (Lipinski definition) is 3. The van der Waals surface area contributed by atoms with Crippen LogP contribution >= 0.6 is 0 Å². The van der Waals surface area contributed by atoms with Crippen molar-refractivity contribution in [2.75, 3.05) is 0 Å². The van der Waals surface area contributed by atoms with Crippen molar-refractivity contribution in [3.63, 3.8) is 0 Å². The summed E-state index contributed by atoms with van der Waals surface area (Å²) in [4.78, 5) is 14.8. The van der Waals surface area contributed by atoms with Crippen LogP contribution in [0.1, 0.15) is 5.56 Å². The third kappa shape index (κ3) is 2.33. The molecular formula is C17H10N2O2. The normalized spacial score (nSPS) is 10.2. The summed E-state index contributed by atoms with van der Waals surface area (Å²) in [5, 5.41) is 11.6. The van der Waals surface area contributed by atoms with E-state index in [-0.39, 0.29) is 5.69 Å². The Morgan fingerprint density at radius 3 is 2.48 bits per heavy atom. The molecule has 0 radical (unpaired) electrons. The summed E-state index contributed by atoms with van der Waals surface area (Å²) >= 11 is 0. The summed E-state index contributed by atoms with van der Waals surface area (Å²) in [6.07, 6.45) is 5.56. The standard InChI is InChI=1S/C17H10N2O2/c1-2-12-11-17(18-16-6-4-3-5-15(12)16)13-7-9-14(10-8-13)19(20)21/h1,3-11H. The van der Waals surface area contributed by atoms with Crippen molar-refractivity contribution in [3.8, 4) is 23.6 Å². The summed E-state index contributed by atoms with van der Waals surface area (Å²) in [7, 11) is 0. The van der Waals surface area contributed by atoms with Crippen molar-refractivity contribution >= 4 is 16.6 Å². The molecule has 1 heterocycles. The lowest BCUT2D eigenvalue weighted by molar-refractivity contribution is -0.384. The van der Waals surface area contributed by atoms with E-state index in [0.717, 1.165) is 22.0 Å². The molecule has 0 aliphatic carbocycles. The molecule has 100 valence electrons. The molecule has 0 fully saturated rings. The second-order valence-corrected chi connectivity index (χ2v) is 4.52. The average molecular weight is 274 g/mol. The number of non-ortho nitro benzene ring substituents is 1. The Balaban J connectivity index is 2.16. The van der Waals surface area contributed by atoms with Crippen LogP contribution in [-0.4, -0.2) is 9.91 Å². The largest absolute Gasteiger partial charge is 0.269 e. The van der Waals surface area contributed by atoms with Gasteiger partial charge in [-0.1, -0.05) is 24.1 Å². The highest BCUT2D eigenvalue weighted by atomic mass is 16.6. The van der Waals surface area contributed by atoms with Gasteiger partial charge in [0, 0.05) is 28.6 Å². The number of rotatable bonds is 2. The molecule has 0 saturated carbocycles. The lowest BCUT2D eigenvalue weighted by Crippen LogP contribution is -1.91. The third-order valence-electron chi connectivity index (χ3n) is 3.25. The Kier molecular flexibility index (Phi) is 3.09. The van der Waals surface area contributed by atoms with E-state index < -0.39 is 4.92 Å². The highest BCUT2D eigenvalue weighted by Gasteiger charge is 2.08. The van der Waals surface area contributed by atoms with Crippen molar-refractivity contribution < 1.29 is 4.92 Å². The van der Waals surface area contributed by atoms with E-state index in [9.17, 15) is 10.1 Å². The SMILES string of the molecule is C#Cc1cc(-c2ccc([N+](=O)[O-])cc2)nc2ccccc12. The van der Waals surface area contributed by atoms with Crippen molar-refractivity contribution in [1.29, 1.82) is 0 Å². The molecule has 0 saturated heterocycles. The van der Waals surface area contributed by atoms with E-state index in [0.29, 0.717) is 5.69 Å². The summed E-state index contributed by atoms with van der Waals surface area (Å²) in [6, 6.07) is 15.7. The molecular weight excluding hydrogens is 264 g/mol. The highest BCUT2D eigenvalue weighted by Crippen LogP contribution is 2.25. The zero-order chi connectivity index (χ0) is 14.8. The Morgan fingerprint density at radius 2 is 1.81 bits per heavy atom. The monoisotopic (exact) mass is 274 g/mol. The molecule has 0 atom stereocenters. The molecule has 0 aliphatic heterocycles. The number of benzene rings is 2. The zero-order valence-corrected chi connectivity index (χ0v) is 11.0. The first-order valence-electron chi connectivity index (χ1n) is 6.30. The molecule has 4 nitrogen and oxygen atoms in total. The molecule has 0 bridgehead atoms. The number of nitro groups is 1. The number of nitro benzene ring substituents is 1. The van der Waals surface area contributed by atoms with Crippen LogP contribution < -0.4 is 0 Å². The molecule has 0 spiro atoms. The predicted octanol–water partition coefficient (Wildman–Crippen LogP) is 3.79. The van der Waals surface area contributed by atoms with Crippen LogP contribution in [-0.2, 0) is 0 Å².